The highest BCUT2D eigenvalue weighted by atomic mass is 16.5. The average Bonchev–Trinajstić information content (AvgIpc) is 2.79. The third-order valence-electron chi connectivity index (χ3n) is 2.67. The van der Waals surface area contributed by atoms with E-state index in [9.17, 15) is 0 Å². The van der Waals surface area contributed by atoms with Gasteiger partial charge in [0.15, 0.2) is 0 Å². The number of nitrogen functional groups attached to an aromatic ring is 1. The van der Waals surface area contributed by atoms with Crippen LogP contribution in [0, 0.1) is 0 Å². The molecule has 0 unspecified atom stereocenters. The summed E-state index contributed by atoms with van der Waals surface area (Å²) in [6.07, 6.45) is 2.45. The summed E-state index contributed by atoms with van der Waals surface area (Å²) < 4.78 is 5.33. The van der Waals surface area contributed by atoms with Crippen molar-refractivity contribution in [1.29, 1.82) is 0 Å². The lowest BCUT2D eigenvalue weighted by atomic mass is 10.4. The molecule has 1 aliphatic rings. The first kappa shape index (κ1) is 11.1. The van der Waals surface area contributed by atoms with Crippen LogP contribution in [0.2, 0.25) is 0 Å². The fourth-order valence-corrected chi connectivity index (χ4v) is 1.89. The summed E-state index contributed by atoms with van der Waals surface area (Å²) in [5.41, 5.74) is 6.55. The van der Waals surface area contributed by atoms with Gasteiger partial charge in [-0.1, -0.05) is 0 Å². The van der Waals surface area contributed by atoms with E-state index in [-0.39, 0.29) is 0 Å². The largest absolute Gasteiger partial charge is 0.375 e. The van der Waals surface area contributed by atoms with Gasteiger partial charge in [-0.05, 0) is 19.8 Å². The Morgan fingerprint density at radius 1 is 1.38 bits per heavy atom. The maximum atomic E-state index is 5.69. The molecular weight excluding hydrogens is 204 g/mol. The molecule has 1 aromatic heterocycles. The minimum Gasteiger partial charge on any atom is -0.375 e. The molecule has 5 heteroatoms. The van der Waals surface area contributed by atoms with Crippen LogP contribution in [-0.4, -0.2) is 29.7 Å². The summed E-state index contributed by atoms with van der Waals surface area (Å²) in [6, 6.07) is 1.97. The number of hydrogen-bond donors (Lipinski definition) is 1. The second-order valence-electron chi connectivity index (χ2n) is 3.91. The van der Waals surface area contributed by atoms with Gasteiger partial charge in [0.1, 0.15) is 5.82 Å². The molecular formula is C11H18N4O. The summed E-state index contributed by atoms with van der Waals surface area (Å²) in [5, 5.41) is 0. The molecule has 0 spiro atoms. The zero-order chi connectivity index (χ0) is 11.4. The van der Waals surface area contributed by atoms with E-state index in [0.29, 0.717) is 19.2 Å². The molecule has 2 heterocycles. The number of hydrogen-bond acceptors (Lipinski definition) is 5. The molecule has 1 aliphatic heterocycles. The van der Waals surface area contributed by atoms with Crippen LogP contribution in [0.5, 0.6) is 0 Å². The SMILES string of the molecule is CCOCc1cc(N2CCCC2)nc(N)n1. The van der Waals surface area contributed by atoms with E-state index in [2.05, 4.69) is 14.9 Å². The number of anilines is 2. The van der Waals surface area contributed by atoms with Crippen molar-refractivity contribution in [2.75, 3.05) is 30.3 Å². The zero-order valence-electron chi connectivity index (χ0n) is 9.65. The molecule has 2 N–H and O–H groups in total. The number of ether oxygens (including phenoxy) is 1. The summed E-state index contributed by atoms with van der Waals surface area (Å²) in [6.45, 7) is 5.27. The first-order valence-electron chi connectivity index (χ1n) is 5.75. The van der Waals surface area contributed by atoms with E-state index in [1.807, 2.05) is 13.0 Å². The summed E-state index contributed by atoms with van der Waals surface area (Å²) in [4.78, 5) is 10.7. The van der Waals surface area contributed by atoms with E-state index < -0.39 is 0 Å². The van der Waals surface area contributed by atoms with Crippen LogP contribution in [-0.2, 0) is 11.3 Å². The van der Waals surface area contributed by atoms with Gasteiger partial charge in [0.25, 0.3) is 0 Å². The second-order valence-corrected chi connectivity index (χ2v) is 3.91. The molecule has 0 saturated carbocycles. The van der Waals surface area contributed by atoms with Crippen LogP contribution in [0.4, 0.5) is 11.8 Å². The van der Waals surface area contributed by atoms with E-state index in [1.165, 1.54) is 12.8 Å². The number of nitrogens with two attached hydrogens (primary N) is 1. The van der Waals surface area contributed by atoms with Gasteiger partial charge >= 0.3 is 0 Å². The fourth-order valence-electron chi connectivity index (χ4n) is 1.89. The Bertz CT molecular complexity index is 350. The van der Waals surface area contributed by atoms with Gasteiger partial charge in [-0.2, -0.15) is 4.98 Å². The molecule has 1 aromatic rings. The number of rotatable bonds is 4. The Kier molecular flexibility index (Phi) is 3.56. The predicted molar refractivity (Wildman–Crippen MR) is 63.2 cm³/mol. The molecule has 0 aromatic carbocycles. The second kappa shape index (κ2) is 5.12. The maximum Gasteiger partial charge on any atom is 0.222 e. The van der Waals surface area contributed by atoms with Gasteiger partial charge in [-0.25, -0.2) is 4.98 Å². The Hall–Kier alpha value is -1.36. The molecule has 5 nitrogen and oxygen atoms in total. The summed E-state index contributed by atoms with van der Waals surface area (Å²) in [5.74, 6) is 1.26. The van der Waals surface area contributed by atoms with Crippen LogP contribution >= 0.6 is 0 Å². The normalized spacial score (nSPS) is 15.7. The standard InChI is InChI=1S/C11H18N4O/c1-2-16-8-9-7-10(14-11(12)13-9)15-5-3-4-6-15/h7H,2-6,8H2,1H3,(H2,12,13,14). The first-order valence-corrected chi connectivity index (χ1v) is 5.75. The lowest BCUT2D eigenvalue weighted by Crippen LogP contribution is -2.20. The van der Waals surface area contributed by atoms with Gasteiger partial charge in [0, 0.05) is 25.8 Å². The van der Waals surface area contributed by atoms with Gasteiger partial charge < -0.3 is 15.4 Å². The van der Waals surface area contributed by atoms with Gasteiger partial charge in [-0.3, -0.25) is 0 Å². The first-order chi connectivity index (χ1) is 7.79. The fraction of sp³-hybridized carbons (Fsp3) is 0.636. The maximum absolute atomic E-state index is 5.69. The highest BCUT2D eigenvalue weighted by molar-refractivity contribution is 5.44. The van der Waals surface area contributed by atoms with Crippen LogP contribution in [0.15, 0.2) is 6.07 Å². The topological polar surface area (TPSA) is 64.3 Å². The molecule has 16 heavy (non-hydrogen) atoms. The third kappa shape index (κ3) is 2.61. The highest BCUT2D eigenvalue weighted by Gasteiger charge is 2.15. The molecule has 1 saturated heterocycles. The summed E-state index contributed by atoms with van der Waals surface area (Å²) >= 11 is 0. The van der Waals surface area contributed by atoms with E-state index in [0.717, 1.165) is 24.6 Å². The molecule has 0 amide bonds. The Balaban J connectivity index is 2.14. The molecule has 0 atom stereocenters. The van der Waals surface area contributed by atoms with Gasteiger partial charge in [-0.15, -0.1) is 0 Å². The molecule has 88 valence electrons. The van der Waals surface area contributed by atoms with Gasteiger partial charge in [0.2, 0.25) is 5.95 Å². The van der Waals surface area contributed by atoms with Crippen LogP contribution in [0.1, 0.15) is 25.5 Å². The molecule has 0 bridgehead atoms. The third-order valence-corrected chi connectivity index (χ3v) is 2.67. The highest BCUT2D eigenvalue weighted by Crippen LogP contribution is 2.19. The van der Waals surface area contributed by atoms with Crippen molar-refractivity contribution in [3.63, 3.8) is 0 Å². The minimum absolute atomic E-state index is 0.333. The number of nitrogens with zero attached hydrogens (tertiary/aromatic N) is 3. The van der Waals surface area contributed by atoms with E-state index in [1.54, 1.807) is 0 Å². The molecule has 2 rings (SSSR count). The average molecular weight is 222 g/mol. The minimum atomic E-state index is 0.333. The Morgan fingerprint density at radius 2 is 2.12 bits per heavy atom. The molecule has 0 aliphatic carbocycles. The summed E-state index contributed by atoms with van der Waals surface area (Å²) in [7, 11) is 0. The lowest BCUT2D eigenvalue weighted by molar-refractivity contribution is 0.131. The monoisotopic (exact) mass is 222 g/mol. The van der Waals surface area contributed by atoms with E-state index in [4.69, 9.17) is 10.5 Å². The van der Waals surface area contributed by atoms with Crippen LogP contribution < -0.4 is 10.6 Å². The number of aromatic nitrogens is 2. The van der Waals surface area contributed by atoms with E-state index >= 15 is 0 Å². The van der Waals surface area contributed by atoms with Crippen molar-refractivity contribution in [3.05, 3.63) is 11.8 Å². The van der Waals surface area contributed by atoms with Crippen molar-refractivity contribution in [2.45, 2.75) is 26.4 Å². The quantitative estimate of drug-likeness (QED) is 0.829. The van der Waals surface area contributed by atoms with Crippen molar-refractivity contribution in [2.24, 2.45) is 0 Å². The van der Waals surface area contributed by atoms with Gasteiger partial charge in [0.05, 0.1) is 12.3 Å². The Labute approximate surface area is 95.6 Å². The lowest BCUT2D eigenvalue weighted by Gasteiger charge is -2.17. The smallest absolute Gasteiger partial charge is 0.222 e. The van der Waals surface area contributed by atoms with Crippen LogP contribution in [0.3, 0.4) is 0 Å². The van der Waals surface area contributed by atoms with Crippen LogP contribution in [0.25, 0.3) is 0 Å². The van der Waals surface area contributed by atoms with Crippen molar-refractivity contribution in [1.82, 2.24) is 9.97 Å². The van der Waals surface area contributed by atoms with Crippen molar-refractivity contribution >= 4 is 11.8 Å². The Morgan fingerprint density at radius 3 is 2.81 bits per heavy atom. The predicted octanol–water partition coefficient (Wildman–Crippen LogP) is 1.20. The molecule has 1 fully saturated rings. The van der Waals surface area contributed by atoms with Crippen molar-refractivity contribution < 1.29 is 4.74 Å². The van der Waals surface area contributed by atoms with Crippen molar-refractivity contribution in [3.8, 4) is 0 Å². The molecule has 0 radical (unpaired) electrons. The zero-order valence-corrected chi connectivity index (χ0v) is 9.65.